The summed E-state index contributed by atoms with van der Waals surface area (Å²) in [6.07, 6.45) is 5.23. The number of aryl methyl sites for hydroxylation is 1. The molecule has 0 saturated heterocycles. The molecule has 0 saturated carbocycles. The van der Waals surface area contributed by atoms with Crippen LogP contribution in [-0.2, 0) is 0 Å². The Hall–Kier alpha value is -3.27. The molecule has 0 unspecified atom stereocenters. The maximum Gasteiger partial charge on any atom is 0.197 e. The molecule has 3 aromatic rings. The fourth-order valence-corrected chi connectivity index (χ4v) is 3.38. The smallest absolute Gasteiger partial charge is 0.197 e. The number of allylic oxidation sites excluding steroid dienone is 1. The number of nitrogens with zero attached hydrogens (tertiary/aromatic N) is 2. The number of ketones is 2. The van der Waals surface area contributed by atoms with Crippen LogP contribution in [-0.4, -0.2) is 21.1 Å². The number of rotatable bonds is 2. The van der Waals surface area contributed by atoms with Crippen molar-refractivity contribution < 1.29 is 9.59 Å². The number of aromatic nitrogens is 2. The molecule has 122 valence electrons. The Morgan fingerprint density at radius 2 is 1.64 bits per heavy atom. The highest BCUT2D eigenvalue weighted by Gasteiger charge is 2.32. The van der Waals surface area contributed by atoms with Gasteiger partial charge in [-0.05, 0) is 43.7 Å². The minimum atomic E-state index is -0.202. The third-order valence-corrected chi connectivity index (χ3v) is 4.58. The minimum absolute atomic E-state index is 0.202. The Morgan fingerprint density at radius 3 is 2.24 bits per heavy atom. The van der Waals surface area contributed by atoms with Gasteiger partial charge in [0.1, 0.15) is 0 Å². The molecule has 4 rings (SSSR count). The van der Waals surface area contributed by atoms with E-state index in [9.17, 15) is 9.59 Å². The highest BCUT2D eigenvalue weighted by atomic mass is 16.2. The normalized spacial score (nSPS) is 13.3. The number of hydrogen-bond acceptors (Lipinski definition) is 3. The second-order valence-corrected chi connectivity index (χ2v) is 6.13. The molecule has 0 N–H and O–H groups in total. The van der Waals surface area contributed by atoms with Crippen molar-refractivity contribution in [2.24, 2.45) is 0 Å². The van der Waals surface area contributed by atoms with Crippen molar-refractivity contribution in [1.29, 1.82) is 0 Å². The van der Waals surface area contributed by atoms with Gasteiger partial charge in [0, 0.05) is 28.7 Å². The van der Waals surface area contributed by atoms with E-state index in [4.69, 9.17) is 0 Å². The van der Waals surface area contributed by atoms with Gasteiger partial charge < -0.3 is 4.57 Å². The van der Waals surface area contributed by atoms with Crippen LogP contribution in [0.15, 0.2) is 60.4 Å². The predicted molar refractivity (Wildman–Crippen MR) is 96.1 cm³/mol. The van der Waals surface area contributed by atoms with Gasteiger partial charge in [0.05, 0.1) is 17.5 Å². The third-order valence-electron chi connectivity index (χ3n) is 4.58. The molecule has 2 aromatic heterocycles. The fraction of sp³-hybridized carbons (Fsp3) is 0.0952. The van der Waals surface area contributed by atoms with E-state index in [0.29, 0.717) is 11.1 Å². The van der Waals surface area contributed by atoms with Crippen LogP contribution < -0.4 is 0 Å². The van der Waals surface area contributed by atoms with Crippen molar-refractivity contribution in [3.63, 3.8) is 0 Å². The van der Waals surface area contributed by atoms with Crippen LogP contribution in [0.25, 0.3) is 11.8 Å². The number of carbonyl (C=O) groups excluding carboxylic acids is 2. The van der Waals surface area contributed by atoms with Crippen LogP contribution in [0.2, 0.25) is 0 Å². The van der Waals surface area contributed by atoms with Crippen LogP contribution in [0.1, 0.15) is 37.7 Å². The van der Waals surface area contributed by atoms with Crippen LogP contribution in [0.5, 0.6) is 0 Å². The number of pyridine rings is 1. The highest BCUT2D eigenvalue weighted by molar-refractivity contribution is 6.41. The Balaban J connectivity index is 1.82. The van der Waals surface area contributed by atoms with Gasteiger partial charge in [0.15, 0.2) is 11.6 Å². The van der Waals surface area contributed by atoms with Gasteiger partial charge in [-0.25, -0.2) is 0 Å². The molecule has 0 amide bonds. The summed E-state index contributed by atoms with van der Waals surface area (Å²) in [7, 11) is 0. The summed E-state index contributed by atoms with van der Waals surface area (Å²) in [5.41, 5.74) is 5.01. The number of Topliss-reactive ketones (excluding diaryl/α,β-unsaturated/α-hetero) is 2. The maximum absolute atomic E-state index is 12.6. The summed E-state index contributed by atoms with van der Waals surface area (Å²) in [6, 6.07) is 12.8. The van der Waals surface area contributed by atoms with E-state index in [1.165, 1.54) is 0 Å². The zero-order valence-corrected chi connectivity index (χ0v) is 14.0. The van der Waals surface area contributed by atoms with E-state index in [2.05, 4.69) is 9.55 Å². The molecule has 0 atom stereocenters. The minimum Gasteiger partial charge on any atom is -0.316 e. The lowest BCUT2D eigenvalue weighted by Crippen LogP contribution is -2.01. The number of hydrogen-bond donors (Lipinski definition) is 0. The van der Waals surface area contributed by atoms with E-state index < -0.39 is 0 Å². The first-order valence-corrected chi connectivity index (χ1v) is 8.07. The van der Waals surface area contributed by atoms with E-state index in [-0.39, 0.29) is 17.1 Å². The quantitative estimate of drug-likeness (QED) is 0.529. The Labute approximate surface area is 145 Å². The van der Waals surface area contributed by atoms with Gasteiger partial charge in [0.2, 0.25) is 0 Å². The lowest BCUT2D eigenvalue weighted by Gasteiger charge is -2.08. The summed E-state index contributed by atoms with van der Waals surface area (Å²) in [4.78, 5) is 29.3. The SMILES string of the molecule is Cc1cc(C=C2C(=O)c3ccccc3C2=O)c(C)n1-c1cccnc1. The van der Waals surface area contributed by atoms with Crippen molar-refractivity contribution >= 4 is 17.6 Å². The number of carbonyl (C=O) groups is 2. The Morgan fingerprint density at radius 1 is 0.960 bits per heavy atom. The lowest BCUT2D eigenvalue weighted by molar-refractivity contribution is 0.0990. The summed E-state index contributed by atoms with van der Waals surface area (Å²) in [5.74, 6) is -0.404. The first-order chi connectivity index (χ1) is 12.1. The van der Waals surface area contributed by atoms with Crippen LogP contribution >= 0.6 is 0 Å². The van der Waals surface area contributed by atoms with E-state index in [1.54, 1.807) is 42.7 Å². The monoisotopic (exact) mass is 328 g/mol. The molecule has 1 aliphatic rings. The first-order valence-electron chi connectivity index (χ1n) is 8.07. The molecule has 0 radical (unpaired) electrons. The summed E-state index contributed by atoms with van der Waals surface area (Å²) >= 11 is 0. The molecule has 25 heavy (non-hydrogen) atoms. The molecule has 0 fully saturated rings. The van der Waals surface area contributed by atoms with Crippen LogP contribution in [0, 0.1) is 13.8 Å². The average molecular weight is 328 g/mol. The molecule has 4 heteroatoms. The van der Waals surface area contributed by atoms with Crippen molar-refractivity contribution in [3.05, 3.63) is 88.5 Å². The molecule has 0 aliphatic heterocycles. The molecule has 4 nitrogen and oxygen atoms in total. The first kappa shape index (κ1) is 15.3. The topological polar surface area (TPSA) is 52.0 Å². The van der Waals surface area contributed by atoms with E-state index in [1.807, 2.05) is 32.0 Å². The zero-order chi connectivity index (χ0) is 17.6. The van der Waals surface area contributed by atoms with Gasteiger partial charge in [-0.3, -0.25) is 14.6 Å². The summed E-state index contributed by atoms with van der Waals surface area (Å²) in [5, 5.41) is 0. The molecule has 1 aliphatic carbocycles. The Kier molecular flexibility index (Phi) is 3.46. The molecule has 0 spiro atoms. The van der Waals surface area contributed by atoms with Crippen molar-refractivity contribution in [3.8, 4) is 5.69 Å². The summed E-state index contributed by atoms with van der Waals surface area (Å²) < 4.78 is 2.07. The van der Waals surface area contributed by atoms with Gasteiger partial charge in [-0.15, -0.1) is 0 Å². The average Bonchev–Trinajstić information content (AvgIpc) is 3.04. The van der Waals surface area contributed by atoms with Crippen molar-refractivity contribution in [2.75, 3.05) is 0 Å². The fourth-order valence-electron chi connectivity index (χ4n) is 3.38. The van der Waals surface area contributed by atoms with Gasteiger partial charge in [-0.1, -0.05) is 24.3 Å². The highest BCUT2D eigenvalue weighted by Crippen LogP contribution is 2.29. The Bertz CT molecular complexity index is 1010. The third kappa shape index (κ3) is 2.34. The molecular formula is C21H16N2O2. The van der Waals surface area contributed by atoms with Crippen molar-refractivity contribution in [1.82, 2.24) is 9.55 Å². The molecule has 0 bridgehead atoms. The van der Waals surface area contributed by atoms with Gasteiger partial charge in [0.25, 0.3) is 0 Å². The molecule has 1 aromatic carbocycles. The largest absolute Gasteiger partial charge is 0.316 e. The molecule has 2 heterocycles. The summed E-state index contributed by atoms with van der Waals surface area (Å²) in [6.45, 7) is 3.97. The van der Waals surface area contributed by atoms with Gasteiger partial charge >= 0.3 is 0 Å². The van der Waals surface area contributed by atoms with Gasteiger partial charge in [-0.2, -0.15) is 0 Å². The van der Waals surface area contributed by atoms with Crippen LogP contribution in [0.3, 0.4) is 0 Å². The van der Waals surface area contributed by atoms with E-state index >= 15 is 0 Å². The second-order valence-electron chi connectivity index (χ2n) is 6.13. The number of benzene rings is 1. The predicted octanol–water partition coefficient (Wildman–Crippen LogP) is 3.95. The zero-order valence-electron chi connectivity index (χ0n) is 14.0. The maximum atomic E-state index is 12.6. The van der Waals surface area contributed by atoms with Crippen molar-refractivity contribution in [2.45, 2.75) is 13.8 Å². The number of fused-ring (bicyclic) bond motifs is 1. The second kappa shape index (κ2) is 5.67. The van der Waals surface area contributed by atoms with E-state index in [0.717, 1.165) is 22.6 Å². The lowest BCUT2D eigenvalue weighted by atomic mass is 10.1. The standard InChI is InChI=1S/C21H16N2O2/c1-13-10-15(14(2)23(13)16-6-5-9-22-12-16)11-19-20(24)17-7-3-4-8-18(17)21(19)25/h3-12H,1-2H3. The van der Waals surface area contributed by atoms with Crippen LogP contribution in [0.4, 0.5) is 0 Å². The molecular weight excluding hydrogens is 312 g/mol.